The van der Waals surface area contributed by atoms with Crippen LogP contribution in [0.5, 0.6) is 0 Å². The topological polar surface area (TPSA) is 76.8 Å². The Bertz CT molecular complexity index is 104. The molecule has 0 atom stereocenters. The van der Waals surface area contributed by atoms with E-state index >= 15 is 0 Å². The Kier molecular flexibility index (Phi) is 3.97. The van der Waals surface area contributed by atoms with Crippen molar-refractivity contribution in [3.63, 3.8) is 0 Å². The molecule has 8 heavy (non-hydrogen) atoms. The average molecular weight is 135 g/mol. The molecule has 0 unspecified atom stereocenters. The highest BCUT2D eigenvalue weighted by atomic mass is 35.5. The van der Waals surface area contributed by atoms with Gasteiger partial charge in [0.15, 0.2) is 0 Å². The van der Waals surface area contributed by atoms with Gasteiger partial charge in [-0.05, 0) is 0 Å². The maximum Gasteiger partial charge on any atom is 0.211 e. The molecule has 5 heteroatoms. The van der Waals surface area contributed by atoms with Gasteiger partial charge in [0.25, 0.3) is 0 Å². The molecule has 0 fully saturated rings. The third-order valence-electron chi connectivity index (χ3n) is 0.324. The van der Waals surface area contributed by atoms with Crippen molar-refractivity contribution in [2.24, 2.45) is 21.7 Å². The molecule has 0 aliphatic heterocycles. The lowest BCUT2D eigenvalue weighted by molar-refractivity contribution is 1.21. The Morgan fingerprint density at radius 2 is 2.25 bits per heavy atom. The van der Waals surface area contributed by atoms with Gasteiger partial charge < -0.3 is 11.5 Å². The zero-order chi connectivity index (χ0) is 6.41. The highest BCUT2D eigenvalue weighted by Gasteiger charge is 1.70. The van der Waals surface area contributed by atoms with Crippen LogP contribution < -0.4 is 11.5 Å². The third kappa shape index (κ3) is 5.23. The van der Waals surface area contributed by atoms with Crippen molar-refractivity contribution in [3.05, 3.63) is 0 Å². The van der Waals surface area contributed by atoms with Crippen LogP contribution in [0.25, 0.3) is 0 Å². The predicted molar refractivity (Wildman–Crippen MR) is 35.0 cm³/mol. The van der Waals surface area contributed by atoms with Crippen molar-refractivity contribution in [1.82, 2.24) is 0 Å². The average Bonchev–Trinajstić information content (AvgIpc) is 1.66. The van der Waals surface area contributed by atoms with Crippen LogP contribution in [0, 0.1) is 0 Å². The van der Waals surface area contributed by atoms with Gasteiger partial charge in [0.1, 0.15) is 0 Å². The van der Waals surface area contributed by atoms with Gasteiger partial charge in [-0.15, -0.1) is 16.7 Å². The van der Waals surface area contributed by atoms with Crippen molar-refractivity contribution in [2.75, 3.05) is 5.88 Å². The summed E-state index contributed by atoms with van der Waals surface area (Å²) in [6.45, 7) is 0. The molecule has 0 saturated heterocycles. The zero-order valence-electron chi connectivity index (χ0n) is 4.21. The van der Waals surface area contributed by atoms with Crippen LogP contribution in [-0.4, -0.2) is 18.1 Å². The van der Waals surface area contributed by atoms with Gasteiger partial charge in [0.2, 0.25) is 5.96 Å². The van der Waals surface area contributed by atoms with E-state index in [1.54, 1.807) is 0 Å². The molecule has 0 spiro atoms. The summed E-state index contributed by atoms with van der Waals surface area (Å²) in [5.41, 5.74) is 9.81. The van der Waals surface area contributed by atoms with Gasteiger partial charge in [0, 0.05) is 6.21 Å². The van der Waals surface area contributed by atoms with Gasteiger partial charge in [-0.2, -0.15) is 5.10 Å². The second kappa shape index (κ2) is 4.39. The maximum atomic E-state index is 5.18. The summed E-state index contributed by atoms with van der Waals surface area (Å²) in [5.74, 6) is 0.253. The Morgan fingerprint density at radius 1 is 1.62 bits per heavy atom. The Labute approximate surface area is 52.2 Å². The van der Waals surface area contributed by atoms with Gasteiger partial charge in [-0.3, -0.25) is 0 Å². The molecule has 0 saturated carbocycles. The van der Waals surface area contributed by atoms with E-state index in [-0.39, 0.29) is 5.96 Å². The summed E-state index contributed by atoms with van der Waals surface area (Å²) in [6.07, 6.45) is 1.39. The summed E-state index contributed by atoms with van der Waals surface area (Å²) >= 11 is 5.18. The molecular weight excluding hydrogens is 128 g/mol. The largest absolute Gasteiger partial charge is 0.369 e. The van der Waals surface area contributed by atoms with Crippen LogP contribution in [-0.2, 0) is 0 Å². The zero-order valence-corrected chi connectivity index (χ0v) is 4.97. The second-order valence-electron chi connectivity index (χ2n) is 0.977. The smallest absolute Gasteiger partial charge is 0.211 e. The third-order valence-corrected chi connectivity index (χ3v) is 0.462. The molecule has 0 radical (unpaired) electrons. The molecule has 0 aromatic rings. The molecule has 0 heterocycles. The van der Waals surface area contributed by atoms with Gasteiger partial charge in [-0.1, -0.05) is 0 Å². The maximum absolute atomic E-state index is 5.18. The first-order chi connectivity index (χ1) is 3.77. The van der Waals surface area contributed by atoms with Crippen molar-refractivity contribution in [3.8, 4) is 0 Å². The molecule has 4 N–H and O–H groups in total. The van der Waals surface area contributed by atoms with Gasteiger partial charge in [0.05, 0.1) is 5.88 Å². The summed E-state index contributed by atoms with van der Waals surface area (Å²) in [6, 6.07) is 0. The number of guanidine groups is 1. The van der Waals surface area contributed by atoms with Gasteiger partial charge in [-0.25, -0.2) is 0 Å². The van der Waals surface area contributed by atoms with E-state index in [9.17, 15) is 0 Å². The lowest BCUT2D eigenvalue weighted by atomic mass is 10.9. The van der Waals surface area contributed by atoms with Crippen LogP contribution >= 0.6 is 11.6 Å². The minimum Gasteiger partial charge on any atom is -0.369 e. The lowest BCUT2D eigenvalue weighted by Crippen LogP contribution is -2.21. The highest BCUT2D eigenvalue weighted by Crippen LogP contribution is 1.69. The van der Waals surface area contributed by atoms with Crippen LogP contribution in [0.1, 0.15) is 0 Å². The van der Waals surface area contributed by atoms with E-state index in [1.165, 1.54) is 6.21 Å². The van der Waals surface area contributed by atoms with Crippen molar-refractivity contribution >= 4 is 23.8 Å². The molecule has 0 aromatic carbocycles. The monoisotopic (exact) mass is 134 g/mol. The Hall–Kier alpha value is -0.770. The number of hydrogen-bond acceptors (Lipinski definition) is 2. The van der Waals surface area contributed by atoms with E-state index in [0.717, 1.165) is 0 Å². The lowest BCUT2D eigenvalue weighted by Gasteiger charge is -1.80. The Morgan fingerprint density at radius 3 is 2.62 bits per heavy atom. The predicted octanol–water partition coefficient (Wildman–Crippen LogP) is -0.516. The molecule has 0 rings (SSSR count). The molecule has 46 valence electrons. The van der Waals surface area contributed by atoms with Crippen LogP contribution in [0.15, 0.2) is 10.2 Å². The molecule has 4 nitrogen and oxygen atoms in total. The quantitative estimate of drug-likeness (QED) is 0.231. The van der Waals surface area contributed by atoms with Crippen molar-refractivity contribution in [1.29, 1.82) is 0 Å². The summed E-state index contributed by atoms with van der Waals surface area (Å²) in [5, 5.41) is 6.64. The van der Waals surface area contributed by atoms with E-state index in [4.69, 9.17) is 23.1 Å². The number of hydrogen-bond donors (Lipinski definition) is 2. The highest BCUT2D eigenvalue weighted by molar-refractivity contribution is 6.24. The standard InChI is InChI=1S/C3H7ClN4/c4-1-2-7-8-3(5)6/h2H,1H2,(H4,5,6,8)/b7-2-. The molecule has 0 bridgehead atoms. The summed E-state index contributed by atoms with van der Waals surface area (Å²) in [7, 11) is 0. The SMILES string of the molecule is NC(N)=N/N=C\CCl. The van der Waals surface area contributed by atoms with E-state index in [2.05, 4.69) is 10.2 Å². The number of rotatable bonds is 2. The van der Waals surface area contributed by atoms with Gasteiger partial charge >= 0.3 is 0 Å². The first kappa shape index (κ1) is 7.23. The number of nitrogens with two attached hydrogens (primary N) is 2. The molecular formula is C3H7ClN4. The molecule has 0 aliphatic rings. The summed E-state index contributed by atoms with van der Waals surface area (Å²) in [4.78, 5) is 0. The minimum atomic E-state index is -0.0635. The first-order valence-corrected chi connectivity index (χ1v) is 2.47. The normalized spacial score (nSPS) is 9.62. The fourth-order valence-electron chi connectivity index (χ4n) is 0.138. The Balaban J connectivity index is 3.42. The number of halogens is 1. The first-order valence-electron chi connectivity index (χ1n) is 1.93. The van der Waals surface area contributed by atoms with E-state index in [0.29, 0.717) is 5.88 Å². The van der Waals surface area contributed by atoms with E-state index in [1.807, 2.05) is 0 Å². The molecule has 0 amide bonds. The number of nitrogens with zero attached hydrogens (tertiary/aromatic N) is 2. The summed E-state index contributed by atoms with van der Waals surface area (Å²) < 4.78 is 0. The molecule has 0 aromatic heterocycles. The van der Waals surface area contributed by atoms with Crippen LogP contribution in [0.4, 0.5) is 0 Å². The van der Waals surface area contributed by atoms with E-state index < -0.39 is 0 Å². The minimum absolute atomic E-state index is 0.0635. The fourth-order valence-corrected chi connectivity index (χ4v) is 0.200. The van der Waals surface area contributed by atoms with Crippen molar-refractivity contribution in [2.45, 2.75) is 0 Å². The van der Waals surface area contributed by atoms with Crippen molar-refractivity contribution < 1.29 is 0 Å². The van der Waals surface area contributed by atoms with Crippen LogP contribution in [0.3, 0.4) is 0 Å². The number of alkyl halides is 1. The second-order valence-corrected chi connectivity index (χ2v) is 1.29. The fraction of sp³-hybridized carbons (Fsp3) is 0.333. The molecule has 0 aliphatic carbocycles. The van der Waals surface area contributed by atoms with Crippen LogP contribution in [0.2, 0.25) is 0 Å².